The van der Waals surface area contributed by atoms with Crippen molar-refractivity contribution >= 4 is 35.5 Å². The number of carbonyl (C=O) groups is 6. The Kier molecular flexibility index (Phi) is 17.2. The van der Waals surface area contributed by atoms with Gasteiger partial charge in [0.25, 0.3) is 5.91 Å². The second kappa shape index (κ2) is 19.4. The van der Waals surface area contributed by atoms with Crippen LogP contribution in [0.5, 0.6) is 0 Å². The Morgan fingerprint density at radius 2 is 1.53 bits per heavy atom. The van der Waals surface area contributed by atoms with Crippen LogP contribution in [0.4, 0.5) is 8.78 Å². The van der Waals surface area contributed by atoms with Crippen LogP contribution in [0, 0.1) is 11.8 Å². The summed E-state index contributed by atoms with van der Waals surface area (Å²) in [6.45, 7) is 8.62. The van der Waals surface area contributed by atoms with Crippen LogP contribution < -0.4 is 27.0 Å². The number of hydrogen-bond donors (Lipinski definition) is 6. The number of hydrogen-bond acceptors (Lipinski definition) is 9. The number of esters is 1. The average molecular weight is 677 g/mol. The van der Waals surface area contributed by atoms with Gasteiger partial charge in [-0.15, -0.1) is 0 Å². The number of amides is 5. The number of rotatable bonds is 11. The second-order valence-electron chi connectivity index (χ2n) is 12.6. The van der Waals surface area contributed by atoms with Crippen molar-refractivity contribution in [2.45, 2.75) is 129 Å². The molecule has 1 aliphatic heterocycles. The fourth-order valence-electron chi connectivity index (χ4n) is 5.05. The standard InChI is InChI=1S/C31H54F2N6O8/c1-8-10-11-12-13-22-31(32,33)30(46)39(7)21(14-17(3)4)27(43)37-24(18(5)9-2)29(45)36-20(15-34)26(42)38-25(19(6)40)28(44)35-16-23(41)47-22/h17-22,24-25,40H,8-16,34H2,1-7H3,(H,35,44)(H,36,45)(H,37,43)(H,38,42). The third kappa shape index (κ3) is 12.3. The van der Waals surface area contributed by atoms with E-state index in [1.807, 2.05) is 6.92 Å². The maximum absolute atomic E-state index is 16.0. The van der Waals surface area contributed by atoms with Crippen LogP contribution in [0.25, 0.3) is 0 Å². The summed E-state index contributed by atoms with van der Waals surface area (Å²) in [5.74, 6) is -11.8. The summed E-state index contributed by atoms with van der Waals surface area (Å²) in [5.41, 5.74) is 5.75. The molecule has 0 spiro atoms. The molecule has 1 rings (SSSR count). The molecule has 1 aliphatic rings. The Labute approximate surface area is 275 Å². The van der Waals surface area contributed by atoms with Crippen LogP contribution in [0.1, 0.15) is 86.5 Å². The summed E-state index contributed by atoms with van der Waals surface area (Å²) in [6.07, 6.45) is -1.51. The highest BCUT2D eigenvalue weighted by Gasteiger charge is 2.52. The van der Waals surface area contributed by atoms with Crippen LogP contribution in [0.3, 0.4) is 0 Å². The van der Waals surface area contributed by atoms with E-state index in [0.717, 1.165) is 19.9 Å². The van der Waals surface area contributed by atoms with Gasteiger partial charge in [-0.1, -0.05) is 60.3 Å². The molecule has 16 heteroatoms. The molecule has 7 unspecified atom stereocenters. The quantitative estimate of drug-likeness (QED) is 0.132. The number of likely N-dealkylation sites (N-methyl/N-ethyl adjacent to an activating group) is 1. The van der Waals surface area contributed by atoms with Gasteiger partial charge in [0, 0.05) is 13.6 Å². The third-order valence-electron chi connectivity index (χ3n) is 8.20. The highest BCUT2D eigenvalue weighted by molar-refractivity contribution is 5.97. The van der Waals surface area contributed by atoms with Crippen molar-refractivity contribution in [3.05, 3.63) is 0 Å². The first kappa shape index (κ1) is 41.6. The maximum atomic E-state index is 16.0. The number of halogens is 2. The van der Waals surface area contributed by atoms with Gasteiger partial charge in [0.2, 0.25) is 23.6 Å². The summed E-state index contributed by atoms with van der Waals surface area (Å²) in [7, 11) is 1.05. The van der Waals surface area contributed by atoms with Crippen molar-refractivity contribution < 1.29 is 47.4 Å². The van der Waals surface area contributed by atoms with Gasteiger partial charge in [0.05, 0.1) is 6.10 Å². The minimum absolute atomic E-state index is 0.0411. The number of unbranched alkanes of at least 4 members (excludes halogenated alkanes) is 3. The zero-order valence-corrected chi connectivity index (χ0v) is 28.6. The van der Waals surface area contributed by atoms with E-state index in [1.54, 1.807) is 27.7 Å². The molecule has 0 radical (unpaired) electrons. The molecule has 0 aromatic rings. The zero-order chi connectivity index (χ0) is 36.1. The molecule has 7 atom stereocenters. The van der Waals surface area contributed by atoms with Crippen molar-refractivity contribution in [2.75, 3.05) is 20.1 Å². The topological polar surface area (TPSA) is 209 Å². The van der Waals surface area contributed by atoms with Crippen LogP contribution in [0.2, 0.25) is 0 Å². The number of carbonyl (C=O) groups excluding carboxylic acids is 6. The number of nitrogens with two attached hydrogens (primary N) is 1. The number of nitrogens with one attached hydrogen (secondary N) is 4. The van der Waals surface area contributed by atoms with Crippen LogP contribution in [0.15, 0.2) is 0 Å². The van der Waals surface area contributed by atoms with Crippen LogP contribution >= 0.6 is 0 Å². The lowest BCUT2D eigenvalue weighted by molar-refractivity contribution is -0.190. The minimum Gasteiger partial charge on any atom is -0.454 e. The molecule has 5 amide bonds. The SMILES string of the molecule is CCCCCCC1OC(=O)CNC(=O)C(C(C)O)NC(=O)C(CN)NC(=O)C(C(C)CC)NC(=O)C(CC(C)C)N(C)C(=O)C1(F)F. The smallest absolute Gasteiger partial charge is 0.360 e. The van der Waals surface area contributed by atoms with E-state index in [-0.39, 0.29) is 25.2 Å². The molecule has 1 saturated heterocycles. The molecule has 0 aromatic heterocycles. The van der Waals surface area contributed by atoms with Gasteiger partial charge in [-0.25, -0.2) is 0 Å². The van der Waals surface area contributed by atoms with E-state index in [9.17, 15) is 33.9 Å². The predicted octanol–water partition coefficient (Wildman–Crippen LogP) is 0.347. The van der Waals surface area contributed by atoms with Crippen molar-refractivity contribution in [3.8, 4) is 0 Å². The second-order valence-corrected chi connectivity index (χ2v) is 12.6. The molecular weight excluding hydrogens is 622 g/mol. The van der Waals surface area contributed by atoms with Crippen LogP contribution in [-0.4, -0.2) is 108 Å². The fourth-order valence-corrected chi connectivity index (χ4v) is 5.05. The van der Waals surface area contributed by atoms with Crippen LogP contribution in [-0.2, 0) is 33.5 Å². The average Bonchev–Trinajstić information content (AvgIpc) is 3.01. The minimum atomic E-state index is -4.27. The normalized spacial score (nSPS) is 27.0. The van der Waals surface area contributed by atoms with E-state index < -0.39 is 96.8 Å². The van der Waals surface area contributed by atoms with E-state index in [0.29, 0.717) is 17.7 Å². The molecule has 0 aliphatic carbocycles. The number of cyclic esters (lactones) is 1. The maximum Gasteiger partial charge on any atom is 0.360 e. The fraction of sp³-hybridized carbons (Fsp3) is 0.806. The van der Waals surface area contributed by atoms with E-state index >= 15 is 8.78 Å². The molecule has 47 heavy (non-hydrogen) atoms. The summed E-state index contributed by atoms with van der Waals surface area (Å²) >= 11 is 0. The summed E-state index contributed by atoms with van der Waals surface area (Å²) in [6, 6.07) is -5.74. The lowest BCUT2D eigenvalue weighted by Crippen LogP contribution is -2.62. The molecule has 1 fully saturated rings. The number of aliphatic hydroxyl groups excluding tert-OH is 1. The van der Waals surface area contributed by atoms with Gasteiger partial charge in [-0.2, -0.15) is 8.78 Å². The Bertz CT molecular complexity index is 1090. The first-order valence-electron chi connectivity index (χ1n) is 16.3. The van der Waals surface area contributed by atoms with Gasteiger partial charge in [-0.3, -0.25) is 28.8 Å². The van der Waals surface area contributed by atoms with Gasteiger partial charge in [-0.05, 0) is 38.0 Å². The number of nitrogens with zero attached hydrogens (tertiary/aromatic N) is 1. The van der Waals surface area contributed by atoms with E-state index in [1.165, 1.54) is 6.92 Å². The zero-order valence-electron chi connectivity index (χ0n) is 28.6. The highest BCUT2D eigenvalue weighted by Crippen LogP contribution is 2.30. The van der Waals surface area contributed by atoms with Crippen molar-refractivity contribution in [1.82, 2.24) is 26.2 Å². The molecule has 14 nitrogen and oxygen atoms in total. The van der Waals surface area contributed by atoms with Crippen molar-refractivity contribution in [2.24, 2.45) is 17.6 Å². The molecule has 0 saturated carbocycles. The first-order valence-corrected chi connectivity index (χ1v) is 16.3. The van der Waals surface area contributed by atoms with Gasteiger partial charge >= 0.3 is 11.9 Å². The Hall–Kier alpha value is -3.40. The van der Waals surface area contributed by atoms with Crippen molar-refractivity contribution in [1.29, 1.82) is 0 Å². The van der Waals surface area contributed by atoms with Gasteiger partial charge < -0.3 is 41.7 Å². The first-order chi connectivity index (χ1) is 21.9. The summed E-state index contributed by atoms with van der Waals surface area (Å²) in [5, 5.41) is 19.6. The number of alkyl halides is 2. The molecule has 0 bridgehead atoms. The monoisotopic (exact) mass is 676 g/mol. The molecular formula is C31H54F2N6O8. The lowest BCUT2D eigenvalue weighted by Gasteiger charge is -2.35. The van der Waals surface area contributed by atoms with Gasteiger partial charge in [0.15, 0.2) is 6.10 Å². The molecule has 270 valence electrons. The Morgan fingerprint density at radius 1 is 0.915 bits per heavy atom. The molecule has 0 aromatic carbocycles. The third-order valence-corrected chi connectivity index (χ3v) is 8.20. The summed E-state index contributed by atoms with van der Waals surface area (Å²) in [4.78, 5) is 79.9. The Morgan fingerprint density at radius 3 is 2.06 bits per heavy atom. The number of ether oxygens (including phenoxy) is 1. The largest absolute Gasteiger partial charge is 0.454 e. The summed E-state index contributed by atoms with van der Waals surface area (Å²) < 4.78 is 37.0. The molecule has 1 heterocycles. The van der Waals surface area contributed by atoms with E-state index in [2.05, 4.69) is 21.3 Å². The lowest BCUT2D eigenvalue weighted by atomic mass is 9.95. The van der Waals surface area contributed by atoms with E-state index in [4.69, 9.17) is 10.5 Å². The van der Waals surface area contributed by atoms with Crippen molar-refractivity contribution in [3.63, 3.8) is 0 Å². The van der Waals surface area contributed by atoms with Gasteiger partial charge in [0.1, 0.15) is 30.7 Å². The highest BCUT2D eigenvalue weighted by atomic mass is 19.3. The molecule has 7 N–H and O–H groups in total. The predicted molar refractivity (Wildman–Crippen MR) is 169 cm³/mol. The number of aliphatic hydroxyl groups is 1. The Balaban J connectivity index is 3.71.